The van der Waals surface area contributed by atoms with E-state index in [0.717, 1.165) is 6.07 Å². The monoisotopic (exact) mass is 236 g/mol. The predicted molar refractivity (Wildman–Crippen MR) is 50.0 cm³/mol. The lowest BCUT2D eigenvalue weighted by Crippen LogP contribution is -2.06. The third-order valence-electron chi connectivity index (χ3n) is 1.63. The van der Waals surface area contributed by atoms with Crippen LogP contribution >= 0.6 is 11.6 Å². The molecule has 0 saturated heterocycles. The van der Waals surface area contributed by atoms with Gasteiger partial charge in [-0.25, -0.2) is 13.8 Å². The van der Waals surface area contributed by atoms with Gasteiger partial charge in [0, 0.05) is 5.56 Å². The molecule has 0 atom stereocenters. The number of anilines is 1. The van der Waals surface area contributed by atoms with Crippen molar-refractivity contribution in [3.8, 4) is 0 Å². The maximum atomic E-state index is 12.4. The molecule has 0 amide bonds. The Morgan fingerprint density at radius 2 is 2.27 bits per heavy atom. The van der Waals surface area contributed by atoms with Gasteiger partial charge in [-0.1, -0.05) is 11.6 Å². The first-order chi connectivity index (χ1) is 6.91. The van der Waals surface area contributed by atoms with Crippen LogP contribution in [0.2, 0.25) is 5.02 Å². The summed E-state index contributed by atoms with van der Waals surface area (Å²) >= 11 is 5.48. The number of nitrogens with zero attached hydrogens (tertiary/aromatic N) is 1. The lowest BCUT2D eigenvalue weighted by atomic mass is 10.2. The maximum Gasteiger partial charge on any atom is 0.309 e. The molecule has 0 aromatic carbocycles. The summed E-state index contributed by atoms with van der Waals surface area (Å²) in [6.07, 6.45) is -3.28. The number of nitrogen functional groups attached to an aromatic ring is 1. The minimum absolute atomic E-state index is 0.0419. The van der Waals surface area contributed by atoms with E-state index < -0.39 is 24.4 Å². The standard InChI is InChI=1S/C8H7ClF2N2O2/c9-6-4(7(10)11)1-3(2-5(14)15)13-8(6)12/h1,7H,2H2,(H2,12,13)(H,14,15). The van der Waals surface area contributed by atoms with E-state index in [1.54, 1.807) is 0 Å². The fourth-order valence-electron chi connectivity index (χ4n) is 1.03. The molecule has 3 N–H and O–H groups in total. The molecule has 1 aromatic rings. The van der Waals surface area contributed by atoms with E-state index in [1.807, 2.05) is 0 Å². The topological polar surface area (TPSA) is 76.2 Å². The molecule has 0 radical (unpaired) electrons. The Labute approximate surface area is 88.7 Å². The van der Waals surface area contributed by atoms with Crippen molar-refractivity contribution in [2.75, 3.05) is 5.73 Å². The average Bonchev–Trinajstić information content (AvgIpc) is 2.09. The first-order valence-corrected chi connectivity index (χ1v) is 4.24. The van der Waals surface area contributed by atoms with E-state index >= 15 is 0 Å². The van der Waals surface area contributed by atoms with Gasteiger partial charge >= 0.3 is 5.97 Å². The number of hydrogen-bond acceptors (Lipinski definition) is 3. The van der Waals surface area contributed by atoms with Crippen LogP contribution in [0.1, 0.15) is 17.7 Å². The third kappa shape index (κ3) is 2.76. The number of carboxylic acids is 1. The van der Waals surface area contributed by atoms with Gasteiger partial charge < -0.3 is 10.8 Å². The van der Waals surface area contributed by atoms with Crippen molar-refractivity contribution in [3.63, 3.8) is 0 Å². The van der Waals surface area contributed by atoms with Crippen LogP contribution in [0.25, 0.3) is 0 Å². The molecular weight excluding hydrogens is 230 g/mol. The highest BCUT2D eigenvalue weighted by Crippen LogP contribution is 2.30. The van der Waals surface area contributed by atoms with Crippen molar-refractivity contribution >= 4 is 23.4 Å². The Morgan fingerprint density at radius 3 is 2.73 bits per heavy atom. The average molecular weight is 237 g/mol. The highest BCUT2D eigenvalue weighted by Gasteiger charge is 2.17. The number of rotatable bonds is 3. The molecular formula is C8H7ClF2N2O2. The van der Waals surface area contributed by atoms with Gasteiger partial charge in [0.05, 0.1) is 17.1 Å². The first kappa shape index (κ1) is 11.6. The molecule has 0 aliphatic heterocycles. The SMILES string of the molecule is Nc1nc(CC(=O)O)cc(C(F)F)c1Cl. The minimum Gasteiger partial charge on any atom is -0.481 e. The molecule has 0 unspecified atom stereocenters. The number of pyridine rings is 1. The van der Waals surface area contributed by atoms with E-state index in [0.29, 0.717) is 0 Å². The molecule has 82 valence electrons. The summed E-state index contributed by atoms with van der Waals surface area (Å²) in [6, 6.07) is 0.942. The van der Waals surface area contributed by atoms with Crippen LogP contribution in [-0.2, 0) is 11.2 Å². The predicted octanol–water partition coefficient (Wildman–Crippen LogP) is 1.88. The van der Waals surface area contributed by atoms with Crippen molar-refractivity contribution in [1.82, 2.24) is 4.98 Å². The Morgan fingerprint density at radius 1 is 1.67 bits per heavy atom. The number of carbonyl (C=O) groups is 1. The molecule has 0 aliphatic carbocycles. The fraction of sp³-hybridized carbons (Fsp3) is 0.250. The lowest BCUT2D eigenvalue weighted by Gasteiger charge is -2.07. The smallest absolute Gasteiger partial charge is 0.309 e. The number of nitrogens with two attached hydrogens (primary N) is 1. The van der Waals surface area contributed by atoms with Gasteiger partial charge in [-0.2, -0.15) is 0 Å². The molecule has 0 bridgehead atoms. The van der Waals surface area contributed by atoms with Crippen LogP contribution < -0.4 is 5.73 Å². The van der Waals surface area contributed by atoms with Crippen molar-refractivity contribution in [1.29, 1.82) is 0 Å². The first-order valence-electron chi connectivity index (χ1n) is 3.86. The summed E-state index contributed by atoms with van der Waals surface area (Å²) in [5, 5.41) is 8.12. The number of halogens is 3. The normalized spacial score (nSPS) is 10.7. The molecule has 7 heteroatoms. The molecule has 1 rings (SSSR count). The summed E-state index contributed by atoms with van der Waals surface area (Å²) in [7, 11) is 0. The molecule has 1 aromatic heterocycles. The summed E-state index contributed by atoms with van der Waals surface area (Å²) in [4.78, 5) is 13.9. The van der Waals surface area contributed by atoms with E-state index in [2.05, 4.69) is 4.98 Å². The van der Waals surface area contributed by atoms with Crippen LogP contribution in [0.4, 0.5) is 14.6 Å². The van der Waals surface area contributed by atoms with Crippen LogP contribution in [0.3, 0.4) is 0 Å². The van der Waals surface area contributed by atoms with E-state index in [4.69, 9.17) is 22.4 Å². The Hall–Kier alpha value is -1.43. The zero-order valence-electron chi connectivity index (χ0n) is 7.38. The highest BCUT2D eigenvalue weighted by molar-refractivity contribution is 6.33. The molecule has 15 heavy (non-hydrogen) atoms. The lowest BCUT2D eigenvalue weighted by molar-refractivity contribution is -0.136. The summed E-state index contributed by atoms with van der Waals surface area (Å²) < 4.78 is 24.8. The van der Waals surface area contributed by atoms with Gasteiger partial charge in [0.15, 0.2) is 0 Å². The minimum atomic E-state index is -2.81. The number of carboxylic acid groups (broad SMARTS) is 1. The molecule has 0 saturated carbocycles. The van der Waals surface area contributed by atoms with Crippen LogP contribution in [-0.4, -0.2) is 16.1 Å². The van der Waals surface area contributed by atoms with Crippen molar-refractivity contribution in [2.24, 2.45) is 0 Å². The Bertz CT molecular complexity index is 398. The number of aliphatic carboxylic acids is 1. The fourth-order valence-corrected chi connectivity index (χ4v) is 1.21. The molecule has 1 heterocycles. The molecule has 4 nitrogen and oxygen atoms in total. The Kier molecular flexibility index (Phi) is 3.41. The van der Waals surface area contributed by atoms with Crippen molar-refractivity contribution in [2.45, 2.75) is 12.8 Å². The van der Waals surface area contributed by atoms with Crippen LogP contribution in [0.5, 0.6) is 0 Å². The van der Waals surface area contributed by atoms with Gasteiger partial charge in [-0.3, -0.25) is 4.79 Å². The summed E-state index contributed by atoms with van der Waals surface area (Å²) in [5.41, 5.74) is 4.72. The van der Waals surface area contributed by atoms with Gasteiger partial charge in [0.25, 0.3) is 6.43 Å². The zero-order chi connectivity index (χ0) is 11.6. The maximum absolute atomic E-state index is 12.4. The van der Waals surface area contributed by atoms with Crippen LogP contribution in [0.15, 0.2) is 6.07 Å². The second kappa shape index (κ2) is 4.39. The van der Waals surface area contributed by atoms with E-state index in [9.17, 15) is 13.6 Å². The van der Waals surface area contributed by atoms with Gasteiger partial charge in [-0.15, -0.1) is 0 Å². The summed E-state index contributed by atoms with van der Waals surface area (Å²) in [5.74, 6) is -1.46. The largest absolute Gasteiger partial charge is 0.481 e. The molecule has 0 aliphatic rings. The summed E-state index contributed by atoms with van der Waals surface area (Å²) in [6.45, 7) is 0. The van der Waals surface area contributed by atoms with E-state index in [1.165, 1.54) is 0 Å². The Balaban J connectivity index is 3.17. The molecule has 0 spiro atoms. The highest BCUT2D eigenvalue weighted by atomic mass is 35.5. The number of hydrogen-bond donors (Lipinski definition) is 2. The van der Waals surface area contributed by atoms with Crippen molar-refractivity contribution in [3.05, 3.63) is 22.3 Å². The number of alkyl halides is 2. The zero-order valence-corrected chi connectivity index (χ0v) is 8.13. The van der Waals surface area contributed by atoms with Gasteiger partial charge in [0.1, 0.15) is 5.82 Å². The second-order valence-electron chi connectivity index (χ2n) is 2.77. The van der Waals surface area contributed by atoms with Gasteiger partial charge in [0.2, 0.25) is 0 Å². The quantitative estimate of drug-likeness (QED) is 0.840. The van der Waals surface area contributed by atoms with E-state index in [-0.39, 0.29) is 16.5 Å². The van der Waals surface area contributed by atoms with Crippen molar-refractivity contribution < 1.29 is 18.7 Å². The molecule has 0 fully saturated rings. The van der Waals surface area contributed by atoms with Crippen LogP contribution in [0, 0.1) is 0 Å². The number of aromatic nitrogens is 1. The second-order valence-corrected chi connectivity index (χ2v) is 3.15. The third-order valence-corrected chi connectivity index (χ3v) is 2.04. The van der Waals surface area contributed by atoms with Gasteiger partial charge in [-0.05, 0) is 6.07 Å².